The summed E-state index contributed by atoms with van der Waals surface area (Å²) in [5.74, 6) is -0.755. The molecule has 3 aliphatic rings. The molecule has 1 saturated heterocycles. The first-order chi connectivity index (χ1) is 19.0. The summed E-state index contributed by atoms with van der Waals surface area (Å²) in [5, 5.41) is 4.68. The molecule has 0 radical (unpaired) electrons. The number of amides is 1. The maximum Gasteiger partial charge on any atom is 0.338 e. The molecule has 3 aliphatic heterocycles. The lowest BCUT2D eigenvalue weighted by molar-refractivity contribution is -0.151. The van der Waals surface area contributed by atoms with Crippen molar-refractivity contribution in [2.24, 2.45) is 10.9 Å². The van der Waals surface area contributed by atoms with Crippen molar-refractivity contribution in [1.82, 2.24) is 9.80 Å². The molecule has 1 unspecified atom stereocenters. The fourth-order valence-electron chi connectivity index (χ4n) is 5.04. The van der Waals surface area contributed by atoms with Gasteiger partial charge in [-0.3, -0.25) is 9.59 Å². The van der Waals surface area contributed by atoms with Crippen molar-refractivity contribution in [3.05, 3.63) is 80.7 Å². The van der Waals surface area contributed by atoms with Crippen LogP contribution < -0.4 is 0 Å². The van der Waals surface area contributed by atoms with Crippen LogP contribution in [0.15, 0.2) is 75.2 Å². The zero-order valence-corrected chi connectivity index (χ0v) is 23.6. The van der Waals surface area contributed by atoms with Gasteiger partial charge in [-0.25, -0.2) is 9.79 Å². The highest BCUT2D eigenvalue weighted by atomic mass is 32.2. The minimum absolute atomic E-state index is 0.00480. The quantitative estimate of drug-likeness (QED) is 0.404. The number of carbonyl (C=O) groups is 3. The molecule has 1 fully saturated rings. The Morgan fingerprint density at radius 2 is 1.82 bits per heavy atom. The Balaban J connectivity index is 1.32. The predicted molar refractivity (Wildman–Crippen MR) is 151 cm³/mol. The van der Waals surface area contributed by atoms with Crippen molar-refractivity contribution >= 4 is 46.1 Å². The number of rotatable bonds is 8. The van der Waals surface area contributed by atoms with Gasteiger partial charge in [-0.2, -0.15) is 0 Å². The second-order valence-corrected chi connectivity index (χ2v) is 11.4. The smallest absolute Gasteiger partial charge is 0.338 e. The third-order valence-electron chi connectivity index (χ3n) is 7.05. The van der Waals surface area contributed by atoms with Crippen LogP contribution in [0.3, 0.4) is 0 Å². The molecule has 1 aromatic carbocycles. The van der Waals surface area contributed by atoms with Crippen LogP contribution in [-0.4, -0.2) is 52.5 Å². The molecule has 39 heavy (non-hydrogen) atoms. The lowest BCUT2D eigenvalue weighted by atomic mass is 9.96. The van der Waals surface area contributed by atoms with E-state index in [0.717, 1.165) is 21.3 Å². The number of carbonyl (C=O) groups excluding carboxylic acids is 3. The van der Waals surface area contributed by atoms with Crippen molar-refractivity contribution in [3.8, 4) is 0 Å². The van der Waals surface area contributed by atoms with E-state index in [-0.39, 0.29) is 30.8 Å². The first-order valence-corrected chi connectivity index (χ1v) is 14.9. The number of hydrogen-bond acceptors (Lipinski definition) is 9. The van der Waals surface area contributed by atoms with E-state index in [9.17, 15) is 14.4 Å². The average Bonchev–Trinajstić information content (AvgIpc) is 3.62. The molecule has 1 atom stereocenters. The SMILES string of the molecule is CCOC(=O)C1CCN(C(=O)CC2=CSC3=NC(C)=C(C(=O)OCc4ccccc4)C(c4cccs4)N23)CC1. The van der Waals surface area contributed by atoms with Crippen LogP contribution in [0.5, 0.6) is 0 Å². The van der Waals surface area contributed by atoms with E-state index in [0.29, 0.717) is 43.8 Å². The van der Waals surface area contributed by atoms with E-state index in [1.807, 2.05) is 70.0 Å². The number of amidine groups is 1. The normalized spacial score (nSPS) is 19.4. The van der Waals surface area contributed by atoms with Crippen LogP contribution in [-0.2, 0) is 30.5 Å². The number of allylic oxidation sites excluding steroid dienone is 1. The maximum absolute atomic E-state index is 13.5. The van der Waals surface area contributed by atoms with E-state index in [1.165, 1.54) is 11.8 Å². The fourth-order valence-corrected chi connectivity index (χ4v) is 6.83. The molecule has 4 heterocycles. The van der Waals surface area contributed by atoms with Gasteiger partial charge in [0, 0.05) is 23.7 Å². The van der Waals surface area contributed by atoms with E-state index in [1.54, 1.807) is 18.3 Å². The number of ether oxygens (including phenoxy) is 2. The van der Waals surface area contributed by atoms with Gasteiger partial charge in [0.05, 0.1) is 30.2 Å². The molecular formula is C29H31N3O5S2. The van der Waals surface area contributed by atoms with Gasteiger partial charge in [-0.1, -0.05) is 48.2 Å². The highest BCUT2D eigenvalue weighted by molar-refractivity contribution is 8.16. The first-order valence-electron chi connectivity index (χ1n) is 13.1. The van der Waals surface area contributed by atoms with Crippen molar-refractivity contribution in [1.29, 1.82) is 0 Å². The highest BCUT2D eigenvalue weighted by Gasteiger charge is 2.42. The Kier molecular flexibility index (Phi) is 8.52. The average molecular weight is 566 g/mol. The molecular weight excluding hydrogens is 534 g/mol. The molecule has 0 spiro atoms. The number of benzene rings is 1. The monoisotopic (exact) mass is 565 g/mol. The van der Waals surface area contributed by atoms with Gasteiger partial charge in [-0.05, 0) is 49.1 Å². The number of likely N-dealkylation sites (tertiary alicyclic amines) is 1. The van der Waals surface area contributed by atoms with E-state index < -0.39 is 12.0 Å². The third kappa shape index (κ3) is 5.96. The molecule has 0 saturated carbocycles. The van der Waals surface area contributed by atoms with Crippen molar-refractivity contribution in [3.63, 3.8) is 0 Å². The first kappa shape index (κ1) is 27.2. The molecule has 5 rings (SSSR count). The number of piperidine rings is 1. The van der Waals surface area contributed by atoms with Crippen LogP contribution in [0.4, 0.5) is 0 Å². The number of nitrogens with zero attached hydrogens (tertiary/aromatic N) is 3. The van der Waals surface area contributed by atoms with Gasteiger partial charge in [0.1, 0.15) is 12.6 Å². The summed E-state index contributed by atoms with van der Waals surface area (Å²) in [6.45, 7) is 5.22. The van der Waals surface area contributed by atoms with Crippen LogP contribution >= 0.6 is 23.1 Å². The molecule has 2 aromatic rings. The van der Waals surface area contributed by atoms with Crippen LogP contribution in [0.25, 0.3) is 0 Å². The molecule has 0 bridgehead atoms. The standard InChI is InChI=1S/C29H31N3O5S2/c1-3-36-27(34)21-11-13-31(14-12-21)24(33)16-22-18-39-29-30-19(2)25(26(32(22)29)23-10-7-15-38-23)28(35)37-17-20-8-5-4-6-9-20/h4-10,15,18,21,26H,3,11-14,16-17H2,1-2H3. The Bertz CT molecular complexity index is 1310. The van der Waals surface area contributed by atoms with Crippen LogP contribution in [0, 0.1) is 5.92 Å². The van der Waals surface area contributed by atoms with Gasteiger partial charge >= 0.3 is 11.9 Å². The number of hydrogen-bond donors (Lipinski definition) is 0. The highest BCUT2D eigenvalue weighted by Crippen LogP contribution is 2.46. The number of esters is 2. The van der Waals surface area contributed by atoms with Gasteiger partial charge in [0.15, 0.2) is 5.17 Å². The molecule has 1 aromatic heterocycles. The van der Waals surface area contributed by atoms with Gasteiger partial charge in [0.25, 0.3) is 0 Å². The number of aliphatic imine (C=N–C) groups is 1. The summed E-state index contributed by atoms with van der Waals surface area (Å²) in [5.41, 5.74) is 2.81. The summed E-state index contributed by atoms with van der Waals surface area (Å²) in [4.78, 5) is 48.5. The molecule has 1 amide bonds. The van der Waals surface area contributed by atoms with Crippen molar-refractivity contribution < 1.29 is 23.9 Å². The zero-order chi connectivity index (χ0) is 27.4. The molecule has 0 N–H and O–H groups in total. The number of thioether (sulfide) groups is 1. The molecule has 10 heteroatoms. The number of fused-ring (bicyclic) bond motifs is 1. The topological polar surface area (TPSA) is 88.5 Å². The van der Waals surface area contributed by atoms with E-state index in [4.69, 9.17) is 14.5 Å². The Hall–Kier alpha value is -3.37. The van der Waals surface area contributed by atoms with Gasteiger partial charge in [0.2, 0.25) is 5.91 Å². The van der Waals surface area contributed by atoms with Crippen molar-refractivity contribution in [2.45, 2.75) is 45.8 Å². The van der Waals surface area contributed by atoms with E-state index in [2.05, 4.69) is 0 Å². The van der Waals surface area contributed by atoms with Crippen LogP contribution in [0.1, 0.15) is 49.6 Å². The molecule has 8 nitrogen and oxygen atoms in total. The summed E-state index contributed by atoms with van der Waals surface area (Å²) < 4.78 is 10.9. The zero-order valence-electron chi connectivity index (χ0n) is 22.0. The van der Waals surface area contributed by atoms with Gasteiger partial charge < -0.3 is 19.3 Å². The summed E-state index contributed by atoms with van der Waals surface area (Å²) >= 11 is 3.02. The Morgan fingerprint density at radius 1 is 1.05 bits per heavy atom. The third-order valence-corrected chi connectivity index (χ3v) is 8.86. The summed E-state index contributed by atoms with van der Waals surface area (Å²) in [6.07, 6.45) is 1.39. The predicted octanol–water partition coefficient (Wildman–Crippen LogP) is 5.26. The van der Waals surface area contributed by atoms with Crippen molar-refractivity contribution in [2.75, 3.05) is 19.7 Å². The Labute approximate surface area is 236 Å². The number of thiophene rings is 1. The Morgan fingerprint density at radius 3 is 2.51 bits per heavy atom. The largest absolute Gasteiger partial charge is 0.466 e. The minimum atomic E-state index is -0.427. The summed E-state index contributed by atoms with van der Waals surface area (Å²) in [6, 6.07) is 13.1. The summed E-state index contributed by atoms with van der Waals surface area (Å²) in [7, 11) is 0. The second-order valence-electron chi connectivity index (χ2n) is 9.55. The maximum atomic E-state index is 13.5. The van der Waals surface area contributed by atoms with Gasteiger partial charge in [-0.15, -0.1) is 11.3 Å². The minimum Gasteiger partial charge on any atom is -0.466 e. The lowest BCUT2D eigenvalue weighted by Crippen LogP contribution is -2.42. The second kappa shape index (κ2) is 12.2. The molecule has 204 valence electrons. The molecule has 0 aliphatic carbocycles. The van der Waals surface area contributed by atoms with Crippen LogP contribution in [0.2, 0.25) is 0 Å². The van der Waals surface area contributed by atoms with E-state index >= 15 is 0 Å². The lowest BCUT2D eigenvalue weighted by Gasteiger charge is -2.36. The fraction of sp³-hybridized carbons (Fsp3) is 0.379.